The Balaban J connectivity index is 1.96. The zero-order valence-electron chi connectivity index (χ0n) is 19.4. The van der Waals surface area contributed by atoms with Crippen LogP contribution in [0.15, 0.2) is 35.3 Å². The first-order valence-corrected chi connectivity index (χ1v) is 10.9. The number of piperidine rings is 1. The Bertz CT molecular complexity index is 737. The summed E-state index contributed by atoms with van der Waals surface area (Å²) in [6.07, 6.45) is 2.03. The number of benzene rings is 1. The van der Waals surface area contributed by atoms with Crippen molar-refractivity contribution in [2.75, 3.05) is 33.7 Å². The third-order valence-electron chi connectivity index (χ3n) is 5.24. The molecule has 0 radical (unpaired) electrons. The van der Waals surface area contributed by atoms with Gasteiger partial charge in [-0.3, -0.25) is 9.79 Å². The molecule has 1 fully saturated rings. The zero-order chi connectivity index (χ0) is 22.9. The Kier molecular flexibility index (Phi) is 9.15. The van der Waals surface area contributed by atoms with Gasteiger partial charge in [-0.15, -0.1) is 0 Å². The van der Waals surface area contributed by atoms with Crippen molar-refractivity contribution in [3.05, 3.63) is 35.9 Å². The number of hydrogen-bond acceptors (Lipinski definition) is 4. The van der Waals surface area contributed by atoms with E-state index in [1.54, 1.807) is 14.1 Å². The van der Waals surface area contributed by atoms with Crippen LogP contribution in [0.1, 0.15) is 51.6 Å². The minimum absolute atomic E-state index is 0.0971. The van der Waals surface area contributed by atoms with Crippen molar-refractivity contribution < 1.29 is 14.3 Å². The van der Waals surface area contributed by atoms with Crippen LogP contribution in [-0.2, 0) is 9.53 Å². The maximum atomic E-state index is 12.4. The molecule has 1 aromatic rings. The molecule has 1 saturated heterocycles. The molecule has 1 atom stereocenters. The summed E-state index contributed by atoms with van der Waals surface area (Å²) in [6, 6.07) is 9.55. The maximum Gasteiger partial charge on any atom is 0.408 e. The molecular weight excluding hydrogens is 394 g/mol. The number of guanidine groups is 1. The summed E-state index contributed by atoms with van der Waals surface area (Å²) < 4.78 is 5.44. The van der Waals surface area contributed by atoms with E-state index in [-0.39, 0.29) is 11.9 Å². The van der Waals surface area contributed by atoms with Crippen molar-refractivity contribution in [2.45, 2.75) is 51.7 Å². The lowest BCUT2D eigenvalue weighted by Crippen LogP contribution is -2.48. The number of hydrogen-bond donors (Lipinski definition) is 3. The predicted octanol–water partition coefficient (Wildman–Crippen LogP) is 2.68. The van der Waals surface area contributed by atoms with Gasteiger partial charge in [0.25, 0.3) is 0 Å². The first-order valence-electron chi connectivity index (χ1n) is 10.9. The molecule has 0 bridgehead atoms. The number of rotatable bonds is 6. The van der Waals surface area contributed by atoms with Gasteiger partial charge in [-0.2, -0.15) is 0 Å². The highest BCUT2D eigenvalue weighted by Crippen LogP contribution is 2.21. The summed E-state index contributed by atoms with van der Waals surface area (Å²) in [5.41, 5.74) is 0.425. The van der Waals surface area contributed by atoms with E-state index >= 15 is 0 Å². The highest BCUT2D eigenvalue weighted by Gasteiger charge is 2.25. The monoisotopic (exact) mass is 431 g/mol. The van der Waals surface area contributed by atoms with E-state index < -0.39 is 11.7 Å². The Morgan fingerprint density at radius 1 is 1.19 bits per heavy atom. The standard InChI is InChI=1S/C23H37N5O3/c1-23(2,3)31-22(30)27-19(18-9-7-6-8-10-18)16-26-21(25-5)28-13-11-17(12-14-28)15-20(29)24-4/h6-10,17,19H,11-16H2,1-5H3,(H,24,29)(H,25,26)(H,27,30). The fourth-order valence-corrected chi connectivity index (χ4v) is 3.63. The average Bonchev–Trinajstić information content (AvgIpc) is 2.73. The molecule has 172 valence electrons. The van der Waals surface area contributed by atoms with Crippen molar-refractivity contribution in [1.29, 1.82) is 0 Å². The van der Waals surface area contributed by atoms with Crippen LogP contribution >= 0.6 is 0 Å². The van der Waals surface area contributed by atoms with Crippen LogP contribution in [0.3, 0.4) is 0 Å². The smallest absolute Gasteiger partial charge is 0.408 e. The van der Waals surface area contributed by atoms with Crippen LogP contribution in [0.2, 0.25) is 0 Å². The topological polar surface area (TPSA) is 95.1 Å². The number of likely N-dealkylation sites (tertiary alicyclic amines) is 1. The highest BCUT2D eigenvalue weighted by atomic mass is 16.6. The van der Waals surface area contributed by atoms with E-state index in [1.807, 2.05) is 51.1 Å². The van der Waals surface area contributed by atoms with Crippen molar-refractivity contribution in [3.63, 3.8) is 0 Å². The summed E-state index contributed by atoms with van der Waals surface area (Å²) in [4.78, 5) is 30.6. The quantitative estimate of drug-likeness (QED) is 0.475. The van der Waals surface area contributed by atoms with Gasteiger partial charge in [-0.1, -0.05) is 30.3 Å². The SMILES string of the molecule is CN=C(NCC(NC(=O)OC(C)(C)C)c1ccccc1)N1CCC(CC(=O)NC)CC1. The summed E-state index contributed by atoms with van der Waals surface area (Å²) in [5, 5.41) is 9.07. The second-order valence-corrected chi connectivity index (χ2v) is 8.85. The summed E-state index contributed by atoms with van der Waals surface area (Å²) in [6.45, 7) is 7.70. The maximum absolute atomic E-state index is 12.4. The Morgan fingerprint density at radius 3 is 2.39 bits per heavy atom. The van der Waals surface area contributed by atoms with Gasteiger partial charge >= 0.3 is 6.09 Å². The lowest BCUT2D eigenvalue weighted by Gasteiger charge is -2.34. The molecular formula is C23H37N5O3. The van der Waals surface area contributed by atoms with E-state index in [0.29, 0.717) is 18.9 Å². The normalized spacial score (nSPS) is 16.4. The van der Waals surface area contributed by atoms with Gasteiger partial charge in [0.2, 0.25) is 5.91 Å². The van der Waals surface area contributed by atoms with Crippen LogP contribution < -0.4 is 16.0 Å². The van der Waals surface area contributed by atoms with Crippen molar-refractivity contribution >= 4 is 18.0 Å². The van der Waals surface area contributed by atoms with Crippen molar-refractivity contribution in [1.82, 2.24) is 20.9 Å². The molecule has 0 aromatic heterocycles. The molecule has 0 spiro atoms. The number of aliphatic imine (C=N–C) groups is 1. The number of alkyl carbamates (subject to hydrolysis) is 1. The number of carbonyl (C=O) groups excluding carboxylic acids is 2. The molecule has 8 nitrogen and oxygen atoms in total. The molecule has 1 aromatic carbocycles. The van der Waals surface area contributed by atoms with Crippen LogP contribution in [-0.4, -0.2) is 62.2 Å². The predicted molar refractivity (Wildman–Crippen MR) is 123 cm³/mol. The third kappa shape index (κ3) is 8.47. The molecule has 2 amide bonds. The molecule has 1 unspecified atom stereocenters. The summed E-state index contributed by atoms with van der Waals surface area (Å²) in [7, 11) is 3.44. The molecule has 1 aliphatic heterocycles. The summed E-state index contributed by atoms with van der Waals surface area (Å²) in [5.74, 6) is 1.30. The molecule has 31 heavy (non-hydrogen) atoms. The fourth-order valence-electron chi connectivity index (χ4n) is 3.63. The summed E-state index contributed by atoms with van der Waals surface area (Å²) >= 11 is 0. The van der Waals surface area contributed by atoms with Gasteiger partial charge in [0.1, 0.15) is 5.60 Å². The van der Waals surface area contributed by atoms with Crippen molar-refractivity contribution in [3.8, 4) is 0 Å². The largest absolute Gasteiger partial charge is 0.444 e. The lowest BCUT2D eigenvalue weighted by molar-refractivity contribution is -0.121. The van der Waals surface area contributed by atoms with E-state index in [1.165, 1.54) is 0 Å². The van der Waals surface area contributed by atoms with Gasteiger partial charge in [0, 0.05) is 40.2 Å². The second kappa shape index (κ2) is 11.6. The van der Waals surface area contributed by atoms with E-state index in [0.717, 1.165) is 37.5 Å². The Labute approximate surface area is 185 Å². The van der Waals surface area contributed by atoms with E-state index in [2.05, 4.69) is 25.8 Å². The third-order valence-corrected chi connectivity index (χ3v) is 5.24. The zero-order valence-corrected chi connectivity index (χ0v) is 19.4. The van der Waals surface area contributed by atoms with Crippen LogP contribution in [0.25, 0.3) is 0 Å². The number of nitrogens with one attached hydrogen (secondary N) is 3. The van der Waals surface area contributed by atoms with Gasteiger partial charge in [0.05, 0.1) is 6.04 Å². The van der Waals surface area contributed by atoms with Gasteiger partial charge in [-0.25, -0.2) is 4.79 Å². The molecule has 1 heterocycles. The van der Waals surface area contributed by atoms with E-state index in [9.17, 15) is 9.59 Å². The molecule has 3 N–H and O–H groups in total. The van der Waals surface area contributed by atoms with Crippen LogP contribution in [0.5, 0.6) is 0 Å². The number of amides is 2. The number of carbonyl (C=O) groups is 2. The minimum Gasteiger partial charge on any atom is -0.444 e. The van der Waals surface area contributed by atoms with Crippen LogP contribution in [0, 0.1) is 5.92 Å². The fraction of sp³-hybridized carbons (Fsp3) is 0.609. The highest BCUT2D eigenvalue weighted by molar-refractivity contribution is 5.80. The molecule has 0 aliphatic carbocycles. The first-order chi connectivity index (χ1) is 14.7. The van der Waals surface area contributed by atoms with Crippen LogP contribution in [0.4, 0.5) is 4.79 Å². The number of nitrogens with zero attached hydrogens (tertiary/aromatic N) is 2. The molecule has 0 saturated carbocycles. The van der Waals surface area contributed by atoms with Crippen molar-refractivity contribution in [2.24, 2.45) is 10.9 Å². The first kappa shape index (κ1) is 24.5. The average molecular weight is 432 g/mol. The lowest BCUT2D eigenvalue weighted by atomic mass is 9.93. The molecule has 2 rings (SSSR count). The molecule has 1 aliphatic rings. The minimum atomic E-state index is -0.562. The van der Waals surface area contributed by atoms with Gasteiger partial charge < -0.3 is 25.6 Å². The van der Waals surface area contributed by atoms with Gasteiger partial charge in [-0.05, 0) is 45.1 Å². The Morgan fingerprint density at radius 2 is 1.84 bits per heavy atom. The second-order valence-electron chi connectivity index (χ2n) is 8.85. The molecule has 8 heteroatoms. The Hall–Kier alpha value is -2.77. The van der Waals surface area contributed by atoms with Gasteiger partial charge in [0.15, 0.2) is 5.96 Å². The number of ether oxygens (including phenoxy) is 1. The van der Waals surface area contributed by atoms with E-state index in [4.69, 9.17) is 4.74 Å².